The lowest BCUT2D eigenvalue weighted by atomic mass is 10.1. The van der Waals surface area contributed by atoms with Crippen LogP contribution >= 0.6 is 0 Å². The lowest BCUT2D eigenvalue weighted by Gasteiger charge is -2.13. The molecule has 4 rings (SSSR count). The molecule has 0 saturated carbocycles. The number of rotatable bonds is 5. The Morgan fingerprint density at radius 1 is 0.786 bits per heavy atom. The van der Waals surface area contributed by atoms with Crippen LogP contribution in [0.25, 0.3) is 22.0 Å². The molecule has 0 amide bonds. The summed E-state index contributed by atoms with van der Waals surface area (Å²) in [6.45, 7) is 0. The Morgan fingerprint density at radius 3 is 2.29 bits per heavy atom. The highest BCUT2D eigenvalue weighted by atomic mass is 19.1. The van der Waals surface area contributed by atoms with E-state index in [4.69, 9.17) is 14.2 Å². The van der Waals surface area contributed by atoms with Gasteiger partial charge in [0, 0.05) is 17.0 Å². The highest BCUT2D eigenvalue weighted by Gasteiger charge is 2.12. The molecule has 1 heterocycles. The molecule has 0 aliphatic heterocycles. The summed E-state index contributed by atoms with van der Waals surface area (Å²) in [7, 11) is 3.16. The van der Waals surface area contributed by atoms with Crippen molar-refractivity contribution in [3.8, 4) is 34.4 Å². The number of aromatic nitrogens is 1. The normalized spacial score (nSPS) is 10.7. The van der Waals surface area contributed by atoms with Crippen LogP contribution in [0.4, 0.5) is 4.39 Å². The van der Waals surface area contributed by atoms with Crippen LogP contribution in [0.3, 0.4) is 0 Å². The highest BCUT2D eigenvalue weighted by Crippen LogP contribution is 2.36. The smallest absolute Gasteiger partial charge is 0.227 e. The second kappa shape index (κ2) is 7.56. The van der Waals surface area contributed by atoms with Gasteiger partial charge in [0.25, 0.3) is 0 Å². The van der Waals surface area contributed by atoms with Crippen molar-refractivity contribution in [2.75, 3.05) is 14.2 Å². The predicted octanol–water partition coefficient (Wildman–Crippen LogP) is 5.85. The number of methoxy groups -OCH3 is 2. The first-order chi connectivity index (χ1) is 13.7. The van der Waals surface area contributed by atoms with Gasteiger partial charge in [0.05, 0.1) is 19.9 Å². The first-order valence-electron chi connectivity index (χ1n) is 8.73. The van der Waals surface area contributed by atoms with E-state index in [0.717, 1.165) is 16.3 Å². The molecule has 0 atom stereocenters. The minimum atomic E-state index is -0.286. The average molecular weight is 375 g/mol. The minimum absolute atomic E-state index is 0.286. The Balaban J connectivity index is 1.80. The van der Waals surface area contributed by atoms with Crippen LogP contribution in [0.5, 0.6) is 23.1 Å². The molecular weight excluding hydrogens is 357 g/mol. The third-order valence-corrected chi connectivity index (χ3v) is 4.41. The molecule has 4 aromatic rings. The summed E-state index contributed by atoms with van der Waals surface area (Å²) in [4.78, 5) is 4.68. The summed E-state index contributed by atoms with van der Waals surface area (Å²) in [5, 5.41) is 1.86. The Morgan fingerprint density at radius 2 is 1.54 bits per heavy atom. The number of pyridine rings is 1. The quantitative estimate of drug-likeness (QED) is 0.439. The molecule has 140 valence electrons. The molecule has 0 spiro atoms. The Kier molecular flexibility index (Phi) is 4.81. The maximum Gasteiger partial charge on any atom is 0.227 e. The Labute approximate surface area is 162 Å². The first-order valence-corrected chi connectivity index (χ1v) is 8.73. The van der Waals surface area contributed by atoms with Crippen molar-refractivity contribution in [2.24, 2.45) is 0 Å². The third-order valence-electron chi connectivity index (χ3n) is 4.41. The van der Waals surface area contributed by atoms with Crippen LogP contribution in [0.2, 0.25) is 0 Å². The van der Waals surface area contributed by atoms with E-state index < -0.39 is 0 Å². The summed E-state index contributed by atoms with van der Waals surface area (Å²) in [5.74, 6) is 1.94. The third kappa shape index (κ3) is 3.47. The molecule has 0 unspecified atom stereocenters. The van der Waals surface area contributed by atoms with Crippen molar-refractivity contribution in [1.29, 1.82) is 0 Å². The van der Waals surface area contributed by atoms with Crippen LogP contribution in [0.15, 0.2) is 72.8 Å². The summed E-state index contributed by atoms with van der Waals surface area (Å²) in [6.07, 6.45) is 0. The zero-order valence-electron chi connectivity index (χ0n) is 15.5. The average Bonchev–Trinajstić information content (AvgIpc) is 2.74. The van der Waals surface area contributed by atoms with Gasteiger partial charge in [-0.2, -0.15) is 0 Å². The number of halogens is 1. The number of hydrogen-bond acceptors (Lipinski definition) is 4. The Bertz CT molecular complexity index is 1130. The molecule has 1 aromatic heterocycles. The van der Waals surface area contributed by atoms with Crippen molar-refractivity contribution >= 4 is 10.8 Å². The molecule has 0 bridgehead atoms. The summed E-state index contributed by atoms with van der Waals surface area (Å²) >= 11 is 0. The molecule has 3 aromatic carbocycles. The van der Waals surface area contributed by atoms with E-state index in [0.29, 0.717) is 28.8 Å². The summed E-state index contributed by atoms with van der Waals surface area (Å²) in [6, 6.07) is 21.4. The van der Waals surface area contributed by atoms with Gasteiger partial charge in [-0.25, -0.2) is 9.37 Å². The minimum Gasteiger partial charge on any atom is -0.493 e. The number of nitrogens with zero attached hydrogens (tertiary/aromatic N) is 1. The molecule has 0 radical (unpaired) electrons. The molecule has 0 aliphatic carbocycles. The molecule has 0 fully saturated rings. The maximum atomic E-state index is 13.3. The maximum absolute atomic E-state index is 13.3. The standard InChI is InChI=1S/C23H18FNO3/c1-26-21-12-11-18(14-22(21)27-2)28-23-19-6-4-3-5-16(19)13-20(25-23)15-7-9-17(24)10-8-15/h3-14H,1-2H3. The lowest BCUT2D eigenvalue weighted by molar-refractivity contribution is 0.352. The van der Waals surface area contributed by atoms with E-state index in [1.807, 2.05) is 30.3 Å². The van der Waals surface area contributed by atoms with Gasteiger partial charge in [0.1, 0.15) is 11.6 Å². The van der Waals surface area contributed by atoms with E-state index in [1.165, 1.54) is 12.1 Å². The number of hydrogen-bond donors (Lipinski definition) is 0. The fourth-order valence-corrected chi connectivity index (χ4v) is 3.00. The Hall–Kier alpha value is -3.60. The van der Waals surface area contributed by atoms with Gasteiger partial charge in [-0.3, -0.25) is 0 Å². The highest BCUT2D eigenvalue weighted by molar-refractivity contribution is 5.90. The van der Waals surface area contributed by atoms with Crippen molar-refractivity contribution < 1.29 is 18.6 Å². The van der Waals surface area contributed by atoms with E-state index >= 15 is 0 Å². The monoisotopic (exact) mass is 375 g/mol. The van der Waals surface area contributed by atoms with E-state index in [9.17, 15) is 4.39 Å². The van der Waals surface area contributed by atoms with Gasteiger partial charge >= 0.3 is 0 Å². The van der Waals surface area contributed by atoms with Gasteiger partial charge in [0.15, 0.2) is 11.5 Å². The molecule has 0 N–H and O–H groups in total. The van der Waals surface area contributed by atoms with Crippen LogP contribution in [0.1, 0.15) is 0 Å². The lowest BCUT2D eigenvalue weighted by Crippen LogP contribution is -1.95. The van der Waals surface area contributed by atoms with Gasteiger partial charge in [-0.15, -0.1) is 0 Å². The SMILES string of the molecule is COc1ccc(Oc2nc(-c3ccc(F)cc3)cc3ccccc23)cc1OC. The topological polar surface area (TPSA) is 40.6 Å². The van der Waals surface area contributed by atoms with Crippen LogP contribution in [-0.2, 0) is 0 Å². The number of fused-ring (bicyclic) bond motifs is 1. The second-order valence-corrected chi connectivity index (χ2v) is 6.16. The molecule has 0 aliphatic rings. The van der Waals surface area contributed by atoms with Crippen LogP contribution in [-0.4, -0.2) is 19.2 Å². The van der Waals surface area contributed by atoms with Gasteiger partial charge in [-0.05, 0) is 53.9 Å². The molecule has 0 saturated heterocycles. The van der Waals surface area contributed by atoms with Crippen LogP contribution in [0, 0.1) is 5.82 Å². The summed E-state index contributed by atoms with van der Waals surface area (Å²) in [5.41, 5.74) is 1.51. The zero-order valence-corrected chi connectivity index (χ0v) is 15.5. The zero-order chi connectivity index (χ0) is 19.5. The van der Waals surface area contributed by atoms with E-state index in [2.05, 4.69) is 4.98 Å². The van der Waals surface area contributed by atoms with E-state index in [-0.39, 0.29) is 5.82 Å². The van der Waals surface area contributed by atoms with E-state index in [1.54, 1.807) is 44.6 Å². The van der Waals surface area contributed by atoms with Gasteiger partial charge in [0.2, 0.25) is 5.88 Å². The summed E-state index contributed by atoms with van der Waals surface area (Å²) < 4.78 is 30.0. The molecular formula is C23H18FNO3. The van der Waals surface area contributed by atoms with Gasteiger partial charge < -0.3 is 14.2 Å². The first kappa shape index (κ1) is 17.8. The predicted molar refractivity (Wildman–Crippen MR) is 107 cm³/mol. The van der Waals surface area contributed by atoms with Crippen molar-refractivity contribution in [2.45, 2.75) is 0 Å². The largest absolute Gasteiger partial charge is 0.493 e. The second-order valence-electron chi connectivity index (χ2n) is 6.16. The fraction of sp³-hybridized carbons (Fsp3) is 0.0870. The van der Waals surface area contributed by atoms with Crippen molar-refractivity contribution in [3.05, 3.63) is 78.6 Å². The van der Waals surface area contributed by atoms with Crippen LogP contribution < -0.4 is 14.2 Å². The van der Waals surface area contributed by atoms with Crippen molar-refractivity contribution in [1.82, 2.24) is 4.98 Å². The number of ether oxygens (including phenoxy) is 3. The van der Waals surface area contributed by atoms with Crippen molar-refractivity contribution in [3.63, 3.8) is 0 Å². The fourth-order valence-electron chi connectivity index (χ4n) is 3.00. The molecule has 5 heteroatoms. The molecule has 4 nitrogen and oxygen atoms in total. The number of benzene rings is 3. The van der Waals surface area contributed by atoms with Gasteiger partial charge in [-0.1, -0.05) is 18.2 Å². The molecule has 28 heavy (non-hydrogen) atoms.